The molecule has 0 aliphatic rings. The Kier molecular flexibility index (Phi) is 8.37. The van der Waals surface area contributed by atoms with Gasteiger partial charge in [-0.2, -0.15) is 0 Å². The molecule has 7 nitrogen and oxygen atoms in total. The van der Waals surface area contributed by atoms with Gasteiger partial charge in [0.1, 0.15) is 11.6 Å². The average molecular weight is 399 g/mol. The van der Waals surface area contributed by atoms with E-state index in [1.807, 2.05) is 6.92 Å². The van der Waals surface area contributed by atoms with E-state index in [-0.39, 0.29) is 24.6 Å². The Hall–Kier alpha value is -3.68. The van der Waals surface area contributed by atoms with Crippen molar-refractivity contribution in [1.29, 1.82) is 0 Å². The highest BCUT2D eigenvalue weighted by molar-refractivity contribution is 5.95. The third-order valence-electron chi connectivity index (χ3n) is 3.65. The number of carbonyl (C=O) groups excluding carboxylic acids is 3. The quantitative estimate of drug-likeness (QED) is 0.470. The largest absolute Gasteiger partial charge is 0.494 e. The summed E-state index contributed by atoms with van der Waals surface area (Å²) >= 11 is 0. The summed E-state index contributed by atoms with van der Waals surface area (Å²) in [4.78, 5) is 35.3. The molecule has 0 bridgehead atoms. The summed E-state index contributed by atoms with van der Waals surface area (Å²) in [6, 6.07) is 12.5. The lowest BCUT2D eigenvalue weighted by molar-refractivity contribution is -0.128. The Balaban J connectivity index is 1.67. The number of anilines is 1. The van der Waals surface area contributed by atoms with E-state index in [0.717, 1.165) is 0 Å². The number of amides is 3. The number of nitrogens with one attached hydrogen (secondary N) is 3. The summed E-state index contributed by atoms with van der Waals surface area (Å²) < 4.78 is 18.1. The number of ether oxygens (including phenoxy) is 1. The lowest BCUT2D eigenvalue weighted by Gasteiger charge is -2.08. The lowest BCUT2D eigenvalue weighted by Crippen LogP contribution is -2.41. The van der Waals surface area contributed by atoms with Crippen molar-refractivity contribution in [2.24, 2.45) is 0 Å². The molecule has 0 saturated carbocycles. The van der Waals surface area contributed by atoms with Gasteiger partial charge in [-0.25, -0.2) is 4.39 Å². The van der Waals surface area contributed by atoms with Crippen molar-refractivity contribution in [3.05, 3.63) is 66.0 Å². The molecule has 3 N–H and O–H groups in total. The minimum absolute atomic E-state index is 0.0413. The summed E-state index contributed by atoms with van der Waals surface area (Å²) in [6.07, 6.45) is 2.54. The maximum Gasteiger partial charge on any atom is 0.262 e. The van der Waals surface area contributed by atoms with Crippen molar-refractivity contribution < 1.29 is 23.5 Å². The highest BCUT2D eigenvalue weighted by Crippen LogP contribution is 2.15. The molecule has 0 unspecified atom stereocenters. The molecule has 0 heterocycles. The van der Waals surface area contributed by atoms with E-state index in [1.54, 1.807) is 24.3 Å². The van der Waals surface area contributed by atoms with E-state index in [2.05, 4.69) is 16.2 Å². The topological polar surface area (TPSA) is 96.5 Å². The first-order chi connectivity index (χ1) is 14.0. The van der Waals surface area contributed by atoms with Crippen LogP contribution in [-0.2, 0) is 14.4 Å². The first kappa shape index (κ1) is 21.6. The first-order valence-electron chi connectivity index (χ1n) is 9.01. The number of halogens is 1. The van der Waals surface area contributed by atoms with E-state index in [1.165, 1.54) is 36.4 Å². The van der Waals surface area contributed by atoms with Crippen LogP contribution < -0.4 is 20.9 Å². The Bertz CT molecular complexity index is 864. The molecule has 2 aromatic carbocycles. The standard InChI is InChI=1S/C21H22FN3O4/c1-2-29-18-10-8-17(9-11-18)23-19(26)13-14-21(28)25-24-20(27)12-5-15-3-6-16(22)7-4-15/h3-12H,2,13-14H2,1H3,(H,23,26)(H,24,27)(H,25,28)/b12-5+. The third-order valence-corrected chi connectivity index (χ3v) is 3.65. The van der Waals surface area contributed by atoms with Crippen molar-refractivity contribution in [1.82, 2.24) is 10.9 Å². The molecular formula is C21H22FN3O4. The molecule has 0 saturated heterocycles. The molecule has 0 aromatic heterocycles. The van der Waals surface area contributed by atoms with Crippen LogP contribution in [0, 0.1) is 5.82 Å². The summed E-state index contributed by atoms with van der Waals surface area (Å²) in [5.74, 6) is -1.05. The second-order valence-corrected chi connectivity index (χ2v) is 5.93. The third kappa shape index (κ3) is 8.25. The molecule has 29 heavy (non-hydrogen) atoms. The van der Waals surface area contributed by atoms with E-state index >= 15 is 0 Å². The van der Waals surface area contributed by atoms with Gasteiger partial charge in [0.25, 0.3) is 5.91 Å². The van der Waals surface area contributed by atoms with Crippen LogP contribution in [0.3, 0.4) is 0 Å². The molecule has 3 amide bonds. The van der Waals surface area contributed by atoms with Crippen LogP contribution in [0.1, 0.15) is 25.3 Å². The van der Waals surface area contributed by atoms with Crippen LogP contribution in [-0.4, -0.2) is 24.3 Å². The fourth-order valence-corrected chi connectivity index (χ4v) is 2.23. The molecule has 0 atom stereocenters. The van der Waals surface area contributed by atoms with Gasteiger partial charge in [0.15, 0.2) is 0 Å². The van der Waals surface area contributed by atoms with Gasteiger partial charge in [-0.15, -0.1) is 0 Å². The molecule has 2 aromatic rings. The van der Waals surface area contributed by atoms with Crippen molar-refractivity contribution in [3.8, 4) is 5.75 Å². The summed E-state index contributed by atoms with van der Waals surface area (Å²) in [7, 11) is 0. The number of rotatable bonds is 8. The number of hydrazine groups is 1. The normalized spacial score (nSPS) is 10.4. The zero-order valence-electron chi connectivity index (χ0n) is 15.9. The van der Waals surface area contributed by atoms with E-state index < -0.39 is 11.8 Å². The molecule has 8 heteroatoms. The minimum Gasteiger partial charge on any atom is -0.494 e. The molecule has 0 aliphatic carbocycles. The summed E-state index contributed by atoms with van der Waals surface area (Å²) in [5, 5.41) is 2.67. The van der Waals surface area contributed by atoms with Gasteiger partial charge in [0, 0.05) is 24.6 Å². The lowest BCUT2D eigenvalue weighted by atomic mass is 10.2. The van der Waals surface area contributed by atoms with Crippen molar-refractivity contribution in [2.75, 3.05) is 11.9 Å². The van der Waals surface area contributed by atoms with E-state index in [4.69, 9.17) is 4.74 Å². The van der Waals surface area contributed by atoms with Crippen LogP contribution >= 0.6 is 0 Å². The summed E-state index contributed by atoms with van der Waals surface area (Å²) in [5.41, 5.74) is 5.67. The van der Waals surface area contributed by atoms with Gasteiger partial charge in [-0.3, -0.25) is 25.2 Å². The van der Waals surface area contributed by atoms with Crippen molar-refractivity contribution >= 4 is 29.5 Å². The maximum absolute atomic E-state index is 12.8. The maximum atomic E-state index is 12.8. The van der Waals surface area contributed by atoms with Crippen molar-refractivity contribution in [2.45, 2.75) is 19.8 Å². The molecule has 2 rings (SSSR count). The van der Waals surface area contributed by atoms with Crippen LogP contribution in [0.4, 0.5) is 10.1 Å². The van der Waals surface area contributed by atoms with Crippen LogP contribution in [0.15, 0.2) is 54.6 Å². The predicted octanol–water partition coefficient (Wildman–Crippen LogP) is 2.80. The Labute approximate surface area is 167 Å². The van der Waals surface area contributed by atoms with Gasteiger partial charge >= 0.3 is 0 Å². The van der Waals surface area contributed by atoms with Gasteiger partial charge in [0.05, 0.1) is 6.61 Å². The number of hydrogen-bond acceptors (Lipinski definition) is 4. The Morgan fingerprint density at radius 2 is 1.59 bits per heavy atom. The molecular weight excluding hydrogens is 377 g/mol. The predicted molar refractivity (Wildman–Crippen MR) is 107 cm³/mol. The van der Waals surface area contributed by atoms with E-state index in [0.29, 0.717) is 23.6 Å². The van der Waals surface area contributed by atoms with Gasteiger partial charge in [-0.1, -0.05) is 12.1 Å². The fraction of sp³-hybridized carbons (Fsp3) is 0.190. The SMILES string of the molecule is CCOc1ccc(NC(=O)CCC(=O)NNC(=O)/C=C/c2ccc(F)cc2)cc1. The van der Waals surface area contributed by atoms with Crippen LogP contribution in [0.5, 0.6) is 5.75 Å². The molecule has 0 spiro atoms. The molecule has 0 aliphatic heterocycles. The minimum atomic E-state index is -0.554. The van der Waals surface area contributed by atoms with Gasteiger partial charge in [-0.05, 0) is 55.0 Å². The fourth-order valence-electron chi connectivity index (χ4n) is 2.23. The number of hydrogen-bond donors (Lipinski definition) is 3. The number of carbonyl (C=O) groups is 3. The van der Waals surface area contributed by atoms with Crippen LogP contribution in [0.2, 0.25) is 0 Å². The smallest absolute Gasteiger partial charge is 0.262 e. The van der Waals surface area contributed by atoms with E-state index in [9.17, 15) is 18.8 Å². The zero-order valence-corrected chi connectivity index (χ0v) is 15.9. The highest BCUT2D eigenvalue weighted by Gasteiger charge is 2.08. The zero-order chi connectivity index (χ0) is 21.1. The Morgan fingerprint density at radius 3 is 2.24 bits per heavy atom. The monoisotopic (exact) mass is 399 g/mol. The first-order valence-corrected chi connectivity index (χ1v) is 9.01. The second kappa shape index (κ2) is 11.2. The second-order valence-electron chi connectivity index (χ2n) is 5.93. The number of benzene rings is 2. The molecule has 0 radical (unpaired) electrons. The summed E-state index contributed by atoms with van der Waals surface area (Å²) in [6.45, 7) is 2.43. The Morgan fingerprint density at radius 1 is 0.931 bits per heavy atom. The highest BCUT2D eigenvalue weighted by atomic mass is 19.1. The molecule has 0 fully saturated rings. The van der Waals surface area contributed by atoms with Gasteiger partial charge in [0.2, 0.25) is 11.8 Å². The van der Waals surface area contributed by atoms with Gasteiger partial charge < -0.3 is 10.1 Å². The molecule has 152 valence electrons. The average Bonchev–Trinajstić information content (AvgIpc) is 2.72. The van der Waals surface area contributed by atoms with Crippen LogP contribution in [0.25, 0.3) is 6.08 Å². The van der Waals surface area contributed by atoms with Crippen molar-refractivity contribution in [3.63, 3.8) is 0 Å².